The quantitative estimate of drug-likeness (QED) is 0.511. The first kappa shape index (κ1) is 18.8. The van der Waals surface area contributed by atoms with Gasteiger partial charge in [-0.15, -0.1) is 0 Å². The van der Waals surface area contributed by atoms with Crippen LogP contribution in [-0.2, 0) is 4.79 Å². The van der Waals surface area contributed by atoms with Crippen molar-refractivity contribution in [2.24, 2.45) is 0 Å². The molecule has 0 aliphatic carbocycles. The summed E-state index contributed by atoms with van der Waals surface area (Å²) in [5, 5.41) is 3.02. The maximum Gasteiger partial charge on any atom is 0.239 e. The van der Waals surface area contributed by atoms with Gasteiger partial charge < -0.3 is 10.2 Å². The molecule has 126 valence electrons. The molecule has 1 N–H and O–H groups in total. The van der Waals surface area contributed by atoms with Crippen molar-refractivity contribution in [1.29, 1.82) is 0 Å². The van der Waals surface area contributed by atoms with Gasteiger partial charge in [-0.05, 0) is 18.7 Å². The number of carbonyl (C=O) groups excluding carboxylic acids is 1. The second-order valence-electron chi connectivity index (χ2n) is 6.23. The maximum absolute atomic E-state index is 11.8. The number of allylic oxidation sites excluding steroid dienone is 2. The first-order chi connectivity index (χ1) is 10.8. The smallest absolute Gasteiger partial charge is 0.239 e. The topological polar surface area (TPSA) is 32.3 Å². The molecule has 0 radical (unpaired) electrons. The van der Waals surface area contributed by atoms with Gasteiger partial charge >= 0.3 is 0 Å². The third kappa shape index (κ3) is 10.5. The Labute approximate surface area is 136 Å². The number of hydrogen-bond donors (Lipinski definition) is 1. The van der Waals surface area contributed by atoms with Crippen LogP contribution in [0.15, 0.2) is 24.4 Å². The summed E-state index contributed by atoms with van der Waals surface area (Å²) < 4.78 is 0. The van der Waals surface area contributed by atoms with Crippen LogP contribution in [0.2, 0.25) is 0 Å². The van der Waals surface area contributed by atoms with Crippen molar-refractivity contribution < 1.29 is 4.79 Å². The second kappa shape index (κ2) is 13.4. The number of amides is 1. The number of nitrogens with zero attached hydrogens (tertiary/aromatic N) is 1. The summed E-state index contributed by atoms with van der Waals surface area (Å²) in [6.45, 7) is 4.39. The Morgan fingerprint density at radius 1 is 0.955 bits per heavy atom. The average molecular weight is 306 g/mol. The lowest BCUT2D eigenvalue weighted by molar-refractivity contribution is -0.121. The van der Waals surface area contributed by atoms with Crippen molar-refractivity contribution in [2.45, 2.75) is 71.1 Å². The lowest BCUT2D eigenvalue weighted by Gasteiger charge is -2.19. The van der Waals surface area contributed by atoms with E-state index in [2.05, 4.69) is 18.3 Å². The minimum atomic E-state index is 0.135. The van der Waals surface area contributed by atoms with E-state index in [1.54, 1.807) is 0 Å². The van der Waals surface area contributed by atoms with Crippen molar-refractivity contribution in [3.8, 4) is 0 Å². The molecule has 1 amide bonds. The Morgan fingerprint density at radius 2 is 1.59 bits per heavy atom. The molecular weight excluding hydrogens is 272 g/mol. The highest BCUT2D eigenvalue weighted by molar-refractivity contribution is 5.78. The van der Waals surface area contributed by atoms with Crippen LogP contribution in [0, 0.1) is 0 Å². The van der Waals surface area contributed by atoms with E-state index < -0.39 is 0 Å². The molecule has 0 aromatic rings. The summed E-state index contributed by atoms with van der Waals surface area (Å²) in [6.07, 6.45) is 21.3. The molecule has 1 heterocycles. The van der Waals surface area contributed by atoms with Gasteiger partial charge in [0, 0.05) is 13.1 Å². The minimum Gasteiger partial charge on any atom is -0.364 e. The van der Waals surface area contributed by atoms with Crippen molar-refractivity contribution in [1.82, 2.24) is 10.2 Å². The molecule has 0 aromatic carbocycles. The van der Waals surface area contributed by atoms with Gasteiger partial charge in [0.25, 0.3) is 0 Å². The third-order valence-corrected chi connectivity index (χ3v) is 4.08. The van der Waals surface area contributed by atoms with E-state index in [1.165, 1.54) is 57.8 Å². The van der Waals surface area contributed by atoms with Crippen molar-refractivity contribution in [3.63, 3.8) is 0 Å². The summed E-state index contributed by atoms with van der Waals surface area (Å²) in [5.74, 6) is 0.135. The Kier molecular flexibility index (Phi) is 11.5. The summed E-state index contributed by atoms with van der Waals surface area (Å²) >= 11 is 0. The van der Waals surface area contributed by atoms with Crippen molar-refractivity contribution in [3.05, 3.63) is 24.4 Å². The van der Waals surface area contributed by atoms with E-state index in [1.807, 2.05) is 23.3 Å². The lowest BCUT2D eigenvalue weighted by Crippen LogP contribution is -2.35. The molecule has 0 bridgehead atoms. The van der Waals surface area contributed by atoms with Crippen molar-refractivity contribution in [2.75, 3.05) is 19.6 Å². The van der Waals surface area contributed by atoms with Gasteiger partial charge in [-0.25, -0.2) is 0 Å². The maximum atomic E-state index is 11.8. The van der Waals surface area contributed by atoms with Gasteiger partial charge in [0.2, 0.25) is 5.91 Å². The Hall–Kier alpha value is -1.25. The van der Waals surface area contributed by atoms with E-state index in [4.69, 9.17) is 0 Å². The van der Waals surface area contributed by atoms with E-state index >= 15 is 0 Å². The van der Waals surface area contributed by atoms with Crippen LogP contribution in [0.5, 0.6) is 0 Å². The lowest BCUT2D eigenvalue weighted by atomic mass is 10.1. The number of nitrogens with one attached hydrogen (secondary N) is 1. The zero-order chi connectivity index (χ0) is 15.9. The van der Waals surface area contributed by atoms with Crippen LogP contribution in [0.25, 0.3) is 0 Å². The highest BCUT2D eigenvalue weighted by atomic mass is 16.2. The molecule has 0 atom stereocenters. The standard InChI is InChI=1S/C19H34N2O/c1-2-3-4-5-6-7-8-9-10-12-15-20-19(22)18-21-16-13-11-14-17-21/h11,13-14,16H,2-10,12,15,17-18H2,1H3,(H,20,22). The predicted molar refractivity (Wildman–Crippen MR) is 94.7 cm³/mol. The van der Waals surface area contributed by atoms with E-state index in [0.717, 1.165) is 19.5 Å². The fourth-order valence-electron chi connectivity index (χ4n) is 2.70. The number of carbonyl (C=O) groups is 1. The van der Waals surface area contributed by atoms with Crippen LogP contribution in [0.3, 0.4) is 0 Å². The molecule has 0 aromatic heterocycles. The van der Waals surface area contributed by atoms with Gasteiger partial charge in [-0.3, -0.25) is 4.79 Å². The summed E-state index contributed by atoms with van der Waals surface area (Å²) in [5.41, 5.74) is 0. The van der Waals surface area contributed by atoms with Crippen LogP contribution in [0.4, 0.5) is 0 Å². The Bertz CT molecular complexity index is 336. The Balaban J connectivity index is 1.82. The second-order valence-corrected chi connectivity index (χ2v) is 6.23. The van der Waals surface area contributed by atoms with Crippen LogP contribution in [-0.4, -0.2) is 30.4 Å². The molecule has 0 spiro atoms. The van der Waals surface area contributed by atoms with Gasteiger partial charge in [-0.1, -0.05) is 76.9 Å². The molecule has 0 saturated carbocycles. The molecule has 1 aliphatic rings. The zero-order valence-corrected chi connectivity index (χ0v) is 14.4. The van der Waals surface area contributed by atoms with Crippen LogP contribution in [0.1, 0.15) is 71.1 Å². The van der Waals surface area contributed by atoms with Crippen LogP contribution >= 0.6 is 0 Å². The summed E-state index contributed by atoms with van der Waals surface area (Å²) in [4.78, 5) is 13.8. The monoisotopic (exact) mass is 306 g/mol. The zero-order valence-electron chi connectivity index (χ0n) is 14.4. The first-order valence-electron chi connectivity index (χ1n) is 9.17. The Morgan fingerprint density at radius 3 is 2.18 bits per heavy atom. The van der Waals surface area contributed by atoms with Gasteiger partial charge in [0.15, 0.2) is 0 Å². The van der Waals surface area contributed by atoms with Gasteiger partial charge in [0.05, 0.1) is 6.54 Å². The van der Waals surface area contributed by atoms with Crippen LogP contribution < -0.4 is 5.32 Å². The number of rotatable bonds is 13. The minimum absolute atomic E-state index is 0.135. The van der Waals surface area contributed by atoms with Gasteiger partial charge in [-0.2, -0.15) is 0 Å². The SMILES string of the molecule is CCCCCCCCCCCCNC(=O)CN1C=CC=CC1. The van der Waals surface area contributed by atoms with E-state index in [0.29, 0.717) is 6.54 Å². The molecule has 1 aliphatic heterocycles. The third-order valence-electron chi connectivity index (χ3n) is 4.08. The predicted octanol–water partition coefficient (Wildman–Crippen LogP) is 4.41. The molecule has 0 fully saturated rings. The van der Waals surface area contributed by atoms with E-state index in [9.17, 15) is 4.79 Å². The van der Waals surface area contributed by atoms with Gasteiger partial charge in [0.1, 0.15) is 0 Å². The van der Waals surface area contributed by atoms with Crippen molar-refractivity contribution >= 4 is 5.91 Å². The summed E-state index contributed by atoms with van der Waals surface area (Å²) in [6, 6.07) is 0. The van der Waals surface area contributed by atoms with E-state index in [-0.39, 0.29) is 5.91 Å². The highest BCUT2D eigenvalue weighted by Crippen LogP contribution is 2.10. The molecular formula is C19H34N2O. The molecule has 1 rings (SSSR count). The highest BCUT2D eigenvalue weighted by Gasteiger charge is 2.06. The molecule has 0 saturated heterocycles. The fourth-order valence-corrected chi connectivity index (χ4v) is 2.70. The molecule has 3 nitrogen and oxygen atoms in total. The summed E-state index contributed by atoms with van der Waals surface area (Å²) in [7, 11) is 0. The molecule has 0 unspecified atom stereocenters. The average Bonchev–Trinajstić information content (AvgIpc) is 2.53. The molecule has 3 heteroatoms. The molecule has 22 heavy (non-hydrogen) atoms. The first-order valence-corrected chi connectivity index (χ1v) is 9.17. The number of unbranched alkanes of at least 4 members (excludes halogenated alkanes) is 9. The normalized spacial score (nSPS) is 13.6. The fraction of sp³-hybridized carbons (Fsp3) is 0.737. The number of hydrogen-bond acceptors (Lipinski definition) is 2. The largest absolute Gasteiger partial charge is 0.364 e.